The molecule has 0 aromatic carbocycles. The molecule has 6 N–H and O–H groups in total. The zero-order chi connectivity index (χ0) is 17.6. The van der Waals surface area contributed by atoms with E-state index in [9.17, 15) is 24.3 Å². The van der Waals surface area contributed by atoms with Crippen LogP contribution in [0.25, 0.3) is 0 Å². The predicted molar refractivity (Wildman–Crippen MR) is 80.8 cm³/mol. The van der Waals surface area contributed by atoms with Gasteiger partial charge in [-0.25, -0.2) is 0 Å². The summed E-state index contributed by atoms with van der Waals surface area (Å²) in [5.41, 5.74) is 5.24. The van der Waals surface area contributed by atoms with E-state index in [4.69, 9.17) is 5.73 Å². The fourth-order valence-electron chi connectivity index (χ4n) is 2.27. The molecule has 0 aliphatic carbocycles. The minimum Gasteiger partial charge on any atom is -0.394 e. The maximum atomic E-state index is 12.1. The van der Waals surface area contributed by atoms with Crippen LogP contribution >= 0.6 is 0 Å². The molecule has 1 aliphatic heterocycles. The molecule has 1 rings (SSSR count). The second kappa shape index (κ2) is 8.47. The van der Waals surface area contributed by atoms with Crippen molar-refractivity contribution in [1.29, 1.82) is 0 Å². The molecule has 1 fully saturated rings. The molecule has 0 bridgehead atoms. The normalized spacial score (nSPS) is 19.8. The second-order valence-corrected chi connectivity index (χ2v) is 6.00. The van der Waals surface area contributed by atoms with Gasteiger partial charge in [0.1, 0.15) is 18.1 Å². The Morgan fingerprint density at radius 3 is 2.39 bits per heavy atom. The molecule has 9 heteroatoms. The Morgan fingerprint density at radius 1 is 1.30 bits per heavy atom. The van der Waals surface area contributed by atoms with Gasteiger partial charge in [0.25, 0.3) is 0 Å². The molecule has 0 radical (unpaired) electrons. The molecular formula is C14H24N4O5. The highest BCUT2D eigenvalue weighted by molar-refractivity contribution is 5.95. The molecule has 1 aliphatic rings. The fourth-order valence-corrected chi connectivity index (χ4v) is 2.27. The smallest absolute Gasteiger partial charge is 0.245 e. The first-order valence-corrected chi connectivity index (χ1v) is 7.54. The lowest BCUT2D eigenvalue weighted by molar-refractivity contribution is -0.133. The maximum Gasteiger partial charge on any atom is 0.245 e. The average molecular weight is 328 g/mol. The Bertz CT molecular complexity index is 480. The summed E-state index contributed by atoms with van der Waals surface area (Å²) in [5, 5.41) is 16.5. The van der Waals surface area contributed by atoms with Crippen LogP contribution in [-0.2, 0) is 19.2 Å². The number of carbonyl (C=O) groups is 4. The highest BCUT2D eigenvalue weighted by Gasteiger charge is 2.31. The number of aliphatic hydroxyl groups excluding tert-OH is 1. The molecule has 1 saturated heterocycles. The molecule has 0 saturated carbocycles. The van der Waals surface area contributed by atoms with Gasteiger partial charge in [0.05, 0.1) is 6.61 Å². The van der Waals surface area contributed by atoms with E-state index in [1.54, 1.807) is 0 Å². The lowest BCUT2D eigenvalue weighted by Crippen LogP contribution is -2.56. The number of nitrogens with two attached hydrogens (primary N) is 1. The van der Waals surface area contributed by atoms with E-state index in [-0.39, 0.29) is 18.2 Å². The number of amides is 4. The van der Waals surface area contributed by atoms with Crippen molar-refractivity contribution in [1.82, 2.24) is 16.0 Å². The quantitative estimate of drug-likeness (QED) is 0.341. The van der Waals surface area contributed by atoms with Gasteiger partial charge in [-0.05, 0) is 18.8 Å². The van der Waals surface area contributed by atoms with Gasteiger partial charge in [-0.2, -0.15) is 0 Å². The third-order valence-electron chi connectivity index (χ3n) is 3.49. The predicted octanol–water partition coefficient (Wildman–Crippen LogP) is -2.24. The van der Waals surface area contributed by atoms with Crippen molar-refractivity contribution in [2.75, 3.05) is 6.61 Å². The molecular weight excluding hydrogens is 304 g/mol. The minimum atomic E-state index is -1.21. The molecule has 0 unspecified atom stereocenters. The van der Waals surface area contributed by atoms with Crippen molar-refractivity contribution in [3.8, 4) is 0 Å². The van der Waals surface area contributed by atoms with Crippen LogP contribution in [0.15, 0.2) is 0 Å². The molecule has 1 heterocycles. The largest absolute Gasteiger partial charge is 0.394 e. The van der Waals surface area contributed by atoms with Crippen LogP contribution in [0.4, 0.5) is 0 Å². The summed E-state index contributed by atoms with van der Waals surface area (Å²) < 4.78 is 0. The average Bonchev–Trinajstić information content (AvgIpc) is 2.89. The zero-order valence-electron chi connectivity index (χ0n) is 13.3. The minimum absolute atomic E-state index is 0.128. The van der Waals surface area contributed by atoms with Gasteiger partial charge >= 0.3 is 0 Å². The topological polar surface area (TPSA) is 151 Å². The van der Waals surface area contributed by atoms with E-state index >= 15 is 0 Å². The lowest BCUT2D eigenvalue weighted by Gasteiger charge is -2.22. The number of carbonyl (C=O) groups excluding carboxylic acids is 4. The highest BCUT2D eigenvalue weighted by atomic mass is 16.3. The van der Waals surface area contributed by atoms with Crippen molar-refractivity contribution in [3.63, 3.8) is 0 Å². The summed E-state index contributed by atoms with van der Waals surface area (Å²) in [6.07, 6.45) is 0.930. The van der Waals surface area contributed by atoms with Crippen molar-refractivity contribution >= 4 is 23.6 Å². The van der Waals surface area contributed by atoms with Gasteiger partial charge in [0, 0.05) is 6.42 Å². The van der Waals surface area contributed by atoms with Crippen LogP contribution in [0, 0.1) is 5.92 Å². The summed E-state index contributed by atoms with van der Waals surface area (Å²) in [6, 6.07) is -2.80. The molecule has 4 amide bonds. The van der Waals surface area contributed by atoms with Gasteiger partial charge in [-0.3, -0.25) is 19.2 Å². The second-order valence-electron chi connectivity index (χ2n) is 6.00. The van der Waals surface area contributed by atoms with Crippen molar-refractivity contribution in [2.24, 2.45) is 11.7 Å². The lowest BCUT2D eigenvalue weighted by atomic mass is 10.0. The van der Waals surface area contributed by atoms with Crippen molar-refractivity contribution in [2.45, 2.75) is 51.2 Å². The van der Waals surface area contributed by atoms with E-state index in [2.05, 4.69) is 16.0 Å². The van der Waals surface area contributed by atoms with Crippen molar-refractivity contribution < 1.29 is 24.3 Å². The number of aliphatic hydroxyl groups is 1. The standard InChI is InChI=1S/C14H24N4O5/c1-7(2)5-9(12(15)21)17-14(23)10(6-19)18-13(22)8-3-4-11(20)16-8/h7-10,19H,3-6H2,1-2H3,(H2,15,21)(H,16,20)(H,17,23)(H,18,22)/t8-,9+,10+/m0/s1. The summed E-state index contributed by atoms with van der Waals surface area (Å²) >= 11 is 0. The van der Waals surface area contributed by atoms with E-state index in [0.717, 1.165) is 0 Å². The zero-order valence-corrected chi connectivity index (χ0v) is 13.3. The monoisotopic (exact) mass is 328 g/mol. The SMILES string of the molecule is CC(C)C[C@@H](NC(=O)[C@@H](CO)NC(=O)[C@@H]1CCC(=O)N1)C(N)=O. The number of primary amides is 1. The highest BCUT2D eigenvalue weighted by Crippen LogP contribution is 2.07. The maximum absolute atomic E-state index is 12.1. The molecule has 9 nitrogen and oxygen atoms in total. The summed E-state index contributed by atoms with van der Waals surface area (Å²) in [4.78, 5) is 46.5. The first-order valence-electron chi connectivity index (χ1n) is 7.54. The van der Waals surface area contributed by atoms with E-state index in [0.29, 0.717) is 12.8 Å². The van der Waals surface area contributed by atoms with Gasteiger partial charge < -0.3 is 26.8 Å². The summed E-state index contributed by atoms with van der Waals surface area (Å²) in [6.45, 7) is 3.11. The molecule has 0 aromatic rings. The summed E-state index contributed by atoms with van der Waals surface area (Å²) in [5.74, 6) is -2.04. The Balaban J connectivity index is 2.61. The third-order valence-corrected chi connectivity index (χ3v) is 3.49. The van der Waals surface area contributed by atoms with Crippen LogP contribution in [0.3, 0.4) is 0 Å². The fraction of sp³-hybridized carbons (Fsp3) is 0.714. The number of rotatable bonds is 8. The first kappa shape index (κ1) is 18.9. The van der Waals surface area contributed by atoms with Gasteiger partial charge in [-0.15, -0.1) is 0 Å². The summed E-state index contributed by atoms with van der Waals surface area (Å²) in [7, 11) is 0. The molecule has 3 atom stereocenters. The Morgan fingerprint density at radius 2 is 1.96 bits per heavy atom. The molecule has 0 aromatic heterocycles. The van der Waals surface area contributed by atoms with Crippen LogP contribution in [0.5, 0.6) is 0 Å². The van der Waals surface area contributed by atoms with Crippen LogP contribution < -0.4 is 21.7 Å². The van der Waals surface area contributed by atoms with Gasteiger partial charge in [0.2, 0.25) is 23.6 Å². The van der Waals surface area contributed by atoms with Crippen LogP contribution in [0.2, 0.25) is 0 Å². The number of hydrogen-bond acceptors (Lipinski definition) is 5. The first-order chi connectivity index (χ1) is 10.7. The van der Waals surface area contributed by atoms with Gasteiger partial charge in [0.15, 0.2) is 0 Å². The van der Waals surface area contributed by atoms with E-state index < -0.39 is 42.5 Å². The molecule has 130 valence electrons. The van der Waals surface area contributed by atoms with Gasteiger partial charge in [-0.1, -0.05) is 13.8 Å². The Labute approximate surface area is 134 Å². The van der Waals surface area contributed by atoms with Crippen molar-refractivity contribution in [3.05, 3.63) is 0 Å². The number of hydrogen-bond donors (Lipinski definition) is 5. The third kappa shape index (κ3) is 5.85. The molecule has 0 spiro atoms. The van der Waals surface area contributed by atoms with Crippen LogP contribution in [-0.4, -0.2) is 53.5 Å². The van der Waals surface area contributed by atoms with E-state index in [1.165, 1.54) is 0 Å². The van der Waals surface area contributed by atoms with Crippen LogP contribution in [0.1, 0.15) is 33.1 Å². The number of nitrogens with one attached hydrogen (secondary N) is 3. The molecule has 23 heavy (non-hydrogen) atoms. The Hall–Kier alpha value is -2.16. The van der Waals surface area contributed by atoms with E-state index in [1.807, 2.05) is 13.8 Å². The Kier molecular flexibility index (Phi) is 6.95.